The van der Waals surface area contributed by atoms with Crippen LogP contribution in [0.4, 0.5) is 0 Å². The van der Waals surface area contributed by atoms with Crippen LogP contribution in [-0.4, -0.2) is 48.3 Å². The molecule has 0 saturated carbocycles. The van der Waals surface area contributed by atoms with Gasteiger partial charge in [0.1, 0.15) is 0 Å². The van der Waals surface area contributed by atoms with E-state index in [9.17, 15) is 5.11 Å². The molecule has 2 N–H and O–H groups in total. The Morgan fingerprint density at radius 3 is 2.20 bits per heavy atom. The van der Waals surface area contributed by atoms with E-state index in [0.29, 0.717) is 12.0 Å². The molecule has 0 amide bonds. The van der Waals surface area contributed by atoms with E-state index in [-0.39, 0.29) is 12.1 Å². The molecular weight excluding hydrogens is 188 g/mol. The van der Waals surface area contributed by atoms with Crippen LogP contribution in [0.3, 0.4) is 0 Å². The van der Waals surface area contributed by atoms with Crippen molar-refractivity contribution in [2.24, 2.45) is 5.92 Å². The lowest BCUT2D eigenvalue weighted by Crippen LogP contribution is -2.47. The molecule has 3 heteroatoms. The van der Waals surface area contributed by atoms with Gasteiger partial charge in [-0.25, -0.2) is 0 Å². The Hall–Kier alpha value is -0.120. The lowest BCUT2D eigenvalue weighted by atomic mass is 10.0. The fourth-order valence-electron chi connectivity index (χ4n) is 1.34. The molecule has 0 bridgehead atoms. The van der Waals surface area contributed by atoms with E-state index in [4.69, 9.17) is 0 Å². The smallest absolute Gasteiger partial charge is 0.0609 e. The summed E-state index contributed by atoms with van der Waals surface area (Å²) < 4.78 is 0. The molecule has 3 nitrogen and oxygen atoms in total. The van der Waals surface area contributed by atoms with Crippen LogP contribution in [-0.2, 0) is 0 Å². The van der Waals surface area contributed by atoms with Crippen molar-refractivity contribution < 1.29 is 5.11 Å². The van der Waals surface area contributed by atoms with E-state index in [1.807, 2.05) is 0 Å². The number of aliphatic hydroxyl groups excluding tert-OH is 1. The Morgan fingerprint density at radius 1 is 1.27 bits per heavy atom. The molecule has 0 aromatic rings. The lowest BCUT2D eigenvalue weighted by molar-refractivity contribution is 0.0680. The fraction of sp³-hybridized carbons (Fsp3) is 1.00. The predicted molar refractivity (Wildman–Crippen MR) is 66.1 cm³/mol. The van der Waals surface area contributed by atoms with Crippen molar-refractivity contribution in [3.63, 3.8) is 0 Å². The molecule has 0 aliphatic carbocycles. The first kappa shape index (κ1) is 14.9. The third-order valence-corrected chi connectivity index (χ3v) is 2.88. The molecular formula is C12H28N2O. The van der Waals surface area contributed by atoms with Crippen LogP contribution < -0.4 is 5.32 Å². The summed E-state index contributed by atoms with van der Waals surface area (Å²) in [5.41, 5.74) is -0.119. The number of nitrogens with zero attached hydrogens (tertiary/aromatic N) is 1. The van der Waals surface area contributed by atoms with Gasteiger partial charge >= 0.3 is 0 Å². The van der Waals surface area contributed by atoms with E-state index < -0.39 is 0 Å². The maximum absolute atomic E-state index is 9.24. The van der Waals surface area contributed by atoms with Crippen LogP contribution in [0.25, 0.3) is 0 Å². The van der Waals surface area contributed by atoms with Crippen molar-refractivity contribution in [2.75, 3.05) is 26.7 Å². The SMILES string of the molecule is CC(CNC(C)C)CN(C)C(C)(C)CO. The Morgan fingerprint density at radius 2 is 1.80 bits per heavy atom. The predicted octanol–water partition coefficient (Wildman–Crippen LogP) is 1.32. The first-order valence-electron chi connectivity index (χ1n) is 5.85. The van der Waals surface area contributed by atoms with Crippen molar-refractivity contribution in [1.82, 2.24) is 10.2 Å². The maximum Gasteiger partial charge on any atom is 0.0609 e. The summed E-state index contributed by atoms with van der Waals surface area (Å²) >= 11 is 0. The van der Waals surface area contributed by atoms with Gasteiger partial charge in [0.05, 0.1) is 6.61 Å². The molecule has 92 valence electrons. The summed E-state index contributed by atoms with van der Waals surface area (Å²) in [4.78, 5) is 2.22. The molecule has 0 aliphatic heterocycles. The van der Waals surface area contributed by atoms with E-state index in [0.717, 1.165) is 13.1 Å². The van der Waals surface area contributed by atoms with Gasteiger partial charge in [-0.3, -0.25) is 4.90 Å². The molecule has 0 rings (SSSR count). The first-order valence-corrected chi connectivity index (χ1v) is 5.85. The van der Waals surface area contributed by atoms with Gasteiger partial charge in [-0.2, -0.15) is 0 Å². The van der Waals surface area contributed by atoms with Gasteiger partial charge in [0.25, 0.3) is 0 Å². The van der Waals surface area contributed by atoms with E-state index >= 15 is 0 Å². The number of aliphatic hydroxyl groups is 1. The molecule has 0 fully saturated rings. The second-order valence-corrected chi connectivity index (χ2v) is 5.52. The molecule has 0 radical (unpaired) electrons. The number of hydrogen-bond acceptors (Lipinski definition) is 3. The normalized spacial score (nSPS) is 15.0. The molecule has 0 heterocycles. The lowest BCUT2D eigenvalue weighted by Gasteiger charge is -2.35. The molecule has 0 aromatic carbocycles. The molecule has 1 atom stereocenters. The molecule has 1 unspecified atom stereocenters. The summed E-state index contributed by atoms with van der Waals surface area (Å²) in [7, 11) is 2.07. The summed E-state index contributed by atoms with van der Waals surface area (Å²) in [5.74, 6) is 0.600. The van der Waals surface area contributed by atoms with Gasteiger partial charge in [-0.05, 0) is 33.4 Å². The van der Waals surface area contributed by atoms with Gasteiger partial charge < -0.3 is 10.4 Å². The quantitative estimate of drug-likeness (QED) is 0.674. The van der Waals surface area contributed by atoms with Crippen LogP contribution in [0.2, 0.25) is 0 Å². The number of likely N-dealkylation sites (N-methyl/N-ethyl adjacent to an activating group) is 1. The standard InChI is InChI=1S/C12H28N2O/c1-10(2)13-7-11(3)8-14(6)12(4,5)9-15/h10-11,13,15H,7-9H2,1-6H3. The van der Waals surface area contributed by atoms with E-state index in [2.05, 4.69) is 51.9 Å². The minimum Gasteiger partial charge on any atom is -0.394 e. The largest absolute Gasteiger partial charge is 0.394 e. The first-order chi connectivity index (χ1) is 6.79. The van der Waals surface area contributed by atoms with Crippen molar-refractivity contribution >= 4 is 0 Å². The highest BCUT2D eigenvalue weighted by Crippen LogP contribution is 2.12. The van der Waals surface area contributed by atoms with Crippen LogP contribution in [0.1, 0.15) is 34.6 Å². The van der Waals surface area contributed by atoms with E-state index in [1.54, 1.807) is 0 Å². The monoisotopic (exact) mass is 216 g/mol. The van der Waals surface area contributed by atoms with Crippen LogP contribution in [0, 0.1) is 5.92 Å². The number of hydrogen-bond donors (Lipinski definition) is 2. The average molecular weight is 216 g/mol. The highest BCUT2D eigenvalue weighted by molar-refractivity contribution is 4.79. The van der Waals surface area contributed by atoms with Gasteiger partial charge in [0.15, 0.2) is 0 Å². The maximum atomic E-state index is 9.24. The summed E-state index contributed by atoms with van der Waals surface area (Å²) in [6, 6.07) is 0.545. The van der Waals surface area contributed by atoms with Crippen LogP contribution in [0.15, 0.2) is 0 Å². The van der Waals surface area contributed by atoms with Gasteiger partial charge in [-0.15, -0.1) is 0 Å². The molecule has 0 spiro atoms. The highest BCUT2D eigenvalue weighted by atomic mass is 16.3. The number of nitrogens with one attached hydrogen (secondary N) is 1. The molecule has 15 heavy (non-hydrogen) atoms. The van der Waals surface area contributed by atoms with Gasteiger partial charge in [0.2, 0.25) is 0 Å². The van der Waals surface area contributed by atoms with Crippen molar-refractivity contribution in [1.29, 1.82) is 0 Å². The minimum absolute atomic E-state index is 0.119. The Kier molecular flexibility index (Phi) is 6.41. The zero-order valence-corrected chi connectivity index (χ0v) is 11.2. The zero-order chi connectivity index (χ0) is 12.1. The van der Waals surface area contributed by atoms with Gasteiger partial charge in [-0.1, -0.05) is 20.8 Å². The topological polar surface area (TPSA) is 35.5 Å². The molecule has 0 saturated heterocycles. The molecule has 0 aromatic heterocycles. The van der Waals surface area contributed by atoms with E-state index in [1.165, 1.54) is 0 Å². The summed E-state index contributed by atoms with van der Waals surface area (Å²) in [5, 5.41) is 12.7. The Bertz CT molecular complexity index is 169. The van der Waals surface area contributed by atoms with Crippen LogP contribution in [0.5, 0.6) is 0 Å². The Balaban J connectivity index is 3.90. The summed E-state index contributed by atoms with van der Waals surface area (Å²) in [6.07, 6.45) is 0. The minimum atomic E-state index is -0.119. The van der Waals surface area contributed by atoms with Crippen LogP contribution >= 0.6 is 0 Å². The second-order valence-electron chi connectivity index (χ2n) is 5.52. The Labute approximate surface area is 94.9 Å². The van der Waals surface area contributed by atoms with Crippen molar-refractivity contribution in [3.8, 4) is 0 Å². The highest BCUT2D eigenvalue weighted by Gasteiger charge is 2.23. The summed E-state index contributed by atoms with van der Waals surface area (Å²) in [6.45, 7) is 12.9. The third kappa shape index (κ3) is 6.13. The van der Waals surface area contributed by atoms with Crippen molar-refractivity contribution in [2.45, 2.75) is 46.2 Å². The van der Waals surface area contributed by atoms with Gasteiger partial charge in [0, 0.05) is 18.1 Å². The second kappa shape index (κ2) is 6.46. The third-order valence-electron chi connectivity index (χ3n) is 2.88. The average Bonchev–Trinajstić information content (AvgIpc) is 2.14. The molecule has 0 aliphatic rings. The zero-order valence-electron chi connectivity index (χ0n) is 11.2. The van der Waals surface area contributed by atoms with Crippen molar-refractivity contribution in [3.05, 3.63) is 0 Å². The fourth-order valence-corrected chi connectivity index (χ4v) is 1.34. The number of rotatable bonds is 7.